The number of fused-ring (bicyclic) bond motifs is 1. The van der Waals surface area contributed by atoms with Crippen molar-refractivity contribution in [3.8, 4) is 0 Å². The van der Waals surface area contributed by atoms with Gasteiger partial charge in [0.2, 0.25) is 0 Å². The molecule has 3 aromatic rings. The van der Waals surface area contributed by atoms with Crippen LogP contribution in [0, 0.1) is 0 Å². The number of aromatic nitrogens is 2. The minimum atomic E-state index is -0.589. The molecule has 1 unspecified atom stereocenters. The standard InChI is InChI=1S/C15H16N4O/c16-12-6-4-11(5-7-12)13(20)10-18-15-3-1-2-14-17-8-9-19(14)15/h1-9,13,18,20H,10,16H2. The van der Waals surface area contributed by atoms with Gasteiger partial charge >= 0.3 is 0 Å². The molecule has 3 rings (SSSR count). The lowest BCUT2D eigenvalue weighted by Gasteiger charge is -2.14. The number of aliphatic hydroxyl groups is 1. The Morgan fingerprint density at radius 3 is 2.80 bits per heavy atom. The van der Waals surface area contributed by atoms with Crippen LogP contribution in [0.25, 0.3) is 5.65 Å². The number of nitrogen functional groups attached to an aromatic ring is 1. The number of hydrogen-bond donors (Lipinski definition) is 3. The fraction of sp³-hybridized carbons (Fsp3) is 0.133. The Labute approximate surface area is 116 Å². The highest BCUT2D eigenvalue weighted by Gasteiger charge is 2.08. The van der Waals surface area contributed by atoms with E-state index in [0.717, 1.165) is 17.0 Å². The lowest BCUT2D eigenvalue weighted by atomic mass is 10.1. The zero-order chi connectivity index (χ0) is 13.9. The average Bonchev–Trinajstić information content (AvgIpc) is 2.94. The predicted octanol–water partition coefficient (Wildman–Crippen LogP) is 2.06. The van der Waals surface area contributed by atoms with Crippen LogP contribution in [-0.4, -0.2) is 21.0 Å². The van der Waals surface area contributed by atoms with Crippen LogP contribution in [0.15, 0.2) is 54.9 Å². The third kappa shape index (κ3) is 2.44. The molecule has 0 fully saturated rings. The van der Waals surface area contributed by atoms with Crippen LogP contribution in [0.3, 0.4) is 0 Å². The van der Waals surface area contributed by atoms with Crippen LogP contribution in [-0.2, 0) is 0 Å². The molecular weight excluding hydrogens is 252 g/mol. The molecule has 0 aliphatic carbocycles. The fourth-order valence-corrected chi connectivity index (χ4v) is 2.13. The summed E-state index contributed by atoms with van der Waals surface area (Å²) >= 11 is 0. The van der Waals surface area contributed by atoms with Gasteiger partial charge in [-0.1, -0.05) is 18.2 Å². The van der Waals surface area contributed by atoms with Crippen molar-refractivity contribution >= 4 is 17.2 Å². The zero-order valence-corrected chi connectivity index (χ0v) is 10.9. The molecule has 5 nitrogen and oxygen atoms in total. The number of pyridine rings is 1. The van der Waals surface area contributed by atoms with Crippen LogP contribution in [0.2, 0.25) is 0 Å². The lowest BCUT2D eigenvalue weighted by molar-refractivity contribution is 0.191. The van der Waals surface area contributed by atoms with E-state index in [1.807, 2.05) is 40.9 Å². The van der Waals surface area contributed by atoms with Crippen LogP contribution in [0.1, 0.15) is 11.7 Å². The number of benzene rings is 1. The van der Waals surface area contributed by atoms with Gasteiger partial charge < -0.3 is 16.2 Å². The molecule has 0 saturated heterocycles. The fourth-order valence-electron chi connectivity index (χ4n) is 2.13. The summed E-state index contributed by atoms with van der Waals surface area (Å²) in [6.45, 7) is 0.418. The highest BCUT2D eigenvalue weighted by Crippen LogP contribution is 2.17. The predicted molar refractivity (Wildman–Crippen MR) is 79.5 cm³/mol. The summed E-state index contributed by atoms with van der Waals surface area (Å²) in [7, 11) is 0. The van der Waals surface area contributed by atoms with Crippen molar-refractivity contribution in [2.45, 2.75) is 6.10 Å². The van der Waals surface area contributed by atoms with E-state index in [1.165, 1.54) is 0 Å². The quantitative estimate of drug-likeness (QED) is 0.633. The Balaban J connectivity index is 1.73. The smallest absolute Gasteiger partial charge is 0.138 e. The average molecular weight is 268 g/mol. The molecule has 1 atom stereocenters. The number of aliphatic hydroxyl groups excluding tert-OH is 1. The van der Waals surface area contributed by atoms with Gasteiger partial charge in [0.1, 0.15) is 11.5 Å². The monoisotopic (exact) mass is 268 g/mol. The summed E-state index contributed by atoms with van der Waals surface area (Å²) in [6, 6.07) is 13.1. The van der Waals surface area contributed by atoms with Crippen LogP contribution in [0.5, 0.6) is 0 Å². The van der Waals surface area contributed by atoms with Crippen molar-refractivity contribution in [2.75, 3.05) is 17.6 Å². The summed E-state index contributed by atoms with van der Waals surface area (Å²) in [5.41, 5.74) is 8.04. The molecule has 4 N–H and O–H groups in total. The Hall–Kier alpha value is -2.53. The molecule has 2 heterocycles. The molecule has 0 bridgehead atoms. The molecule has 5 heteroatoms. The summed E-state index contributed by atoms with van der Waals surface area (Å²) in [6.07, 6.45) is 3.04. The van der Waals surface area contributed by atoms with E-state index >= 15 is 0 Å². The molecule has 102 valence electrons. The van der Waals surface area contributed by atoms with Gasteiger partial charge in [-0.2, -0.15) is 0 Å². The van der Waals surface area contributed by atoms with Gasteiger partial charge in [-0.3, -0.25) is 4.40 Å². The van der Waals surface area contributed by atoms with E-state index in [4.69, 9.17) is 5.73 Å². The summed E-state index contributed by atoms with van der Waals surface area (Å²) < 4.78 is 1.94. The molecular formula is C15H16N4O. The van der Waals surface area contributed by atoms with Gasteiger partial charge in [0.25, 0.3) is 0 Å². The molecule has 0 aliphatic rings. The molecule has 0 amide bonds. The number of hydrogen-bond acceptors (Lipinski definition) is 4. The Bertz CT molecular complexity index is 705. The van der Waals surface area contributed by atoms with E-state index < -0.39 is 6.10 Å². The summed E-state index contributed by atoms with van der Waals surface area (Å²) in [5, 5.41) is 13.4. The third-order valence-electron chi connectivity index (χ3n) is 3.23. The van der Waals surface area contributed by atoms with Gasteiger partial charge in [0.15, 0.2) is 0 Å². The Morgan fingerprint density at radius 2 is 2.00 bits per heavy atom. The van der Waals surface area contributed by atoms with Gasteiger partial charge in [0, 0.05) is 24.6 Å². The van der Waals surface area contributed by atoms with Crippen molar-refractivity contribution in [2.24, 2.45) is 0 Å². The van der Waals surface area contributed by atoms with Crippen molar-refractivity contribution in [1.29, 1.82) is 0 Å². The van der Waals surface area contributed by atoms with Crippen molar-refractivity contribution in [1.82, 2.24) is 9.38 Å². The molecule has 2 aromatic heterocycles. The molecule has 0 radical (unpaired) electrons. The second kappa shape index (κ2) is 5.22. The maximum absolute atomic E-state index is 10.2. The first kappa shape index (κ1) is 12.5. The van der Waals surface area contributed by atoms with Crippen LogP contribution >= 0.6 is 0 Å². The van der Waals surface area contributed by atoms with E-state index in [-0.39, 0.29) is 0 Å². The first-order valence-corrected chi connectivity index (χ1v) is 6.43. The normalized spacial score (nSPS) is 12.4. The molecule has 0 saturated carbocycles. The maximum atomic E-state index is 10.2. The minimum absolute atomic E-state index is 0.418. The van der Waals surface area contributed by atoms with E-state index in [0.29, 0.717) is 12.2 Å². The first-order valence-electron chi connectivity index (χ1n) is 6.43. The van der Waals surface area contributed by atoms with E-state index in [9.17, 15) is 5.11 Å². The van der Waals surface area contributed by atoms with Gasteiger partial charge in [0.05, 0.1) is 6.10 Å². The highest BCUT2D eigenvalue weighted by molar-refractivity contribution is 5.50. The van der Waals surface area contributed by atoms with Crippen molar-refractivity contribution in [3.63, 3.8) is 0 Å². The highest BCUT2D eigenvalue weighted by atomic mass is 16.3. The van der Waals surface area contributed by atoms with Crippen LogP contribution in [0.4, 0.5) is 11.5 Å². The topological polar surface area (TPSA) is 75.6 Å². The lowest BCUT2D eigenvalue weighted by Crippen LogP contribution is -2.13. The SMILES string of the molecule is Nc1ccc(C(O)CNc2cccc3nccn23)cc1. The van der Waals surface area contributed by atoms with Crippen molar-refractivity contribution in [3.05, 3.63) is 60.4 Å². The maximum Gasteiger partial charge on any atom is 0.138 e. The molecule has 1 aromatic carbocycles. The van der Waals surface area contributed by atoms with Gasteiger partial charge in [-0.25, -0.2) is 4.98 Å². The Kier molecular flexibility index (Phi) is 3.26. The summed E-state index contributed by atoms with van der Waals surface area (Å²) in [4.78, 5) is 4.22. The number of rotatable bonds is 4. The van der Waals surface area contributed by atoms with E-state index in [2.05, 4.69) is 10.3 Å². The molecule has 0 aliphatic heterocycles. The third-order valence-corrected chi connectivity index (χ3v) is 3.23. The number of nitrogens with zero attached hydrogens (tertiary/aromatic N) is 2. The second-order valence-electron chi connectivity index (χ2n) is 4.63. The zero-order valence-electron chi connectivity index (χ0n) is 10.9. The number of nitrogens with one attached hydrogen (secondary N) is 1. The molecule has 0 spiro atoms. The number of anilines is 2. The first-order chi connectivity index (χ1) is 9.74. The number of nitrogens with two attached hydrogens (primary N) is 1. The van der Waals surface area contributed by atoms with Crippen LogP contribution < -0.4 is 11.1 Å². The molecule has 20 heavy (non-hydrogen) atoms. The second-order valence-corrected chi connectivity index (χ2v) is 4.63. The number of imidazole rings is 1. The van der Waals surface area contributed by atoms with Crippen molar-refractivity contribution < 1.29 is 5.11 Å². The largest absolute Gasteiger partial charge is 0.399 e. The summed E-state index contributed by atoms with van der Waals surface area (Å²) in [5.74, 6) is 0.898. The van der Waals surface area contributed by atoms with E-state index in [1.54, 1.807) is 18.3 Å². The minimum Gasteiger partial charge on any atom is -0.399 e. The van der Waals surface area contributed by atoms with Gasteiger partial charge in [-0.05, 0) is 29.8 Å². The Morgan fingerprint density at radius 1 is 1.20 bits per heavy atom. The van der Waals surface area contributed by atoms with Gasteiger partial charge in [-0.15, -0.1) is 0 Å².